The number of carbonyl (C=O) groups is 1. The lowest BCUT2D eigenvalue weighted by Gasteiger charge is -2.13. The number of thioether (sulfide) groups is 1. The van der Waals surface area contributed by atoms with Crippen molar-refractivity contribution in [2.45, 2.75) is 38.9 Å². The lowest BCUT2D eigenvalue weighted by molar-refractivity contribution is -0.384. The topological polar surface area (TPSA) is 103 Å². The standard InChI is InChI=1S/C19H21N5O3S2/c1-11(2)23-18(16-9-28-13(4)12(16)3)21-22-19(23)29-10-17(25)20-14-5-7-15(8-6-14)24(26)27/h5-9,11H,10H2,1-4H3,(H,20,25). The number of non-ortho nitro benzene ring substituents is 1. The Balaban J connectivity index is 1.71. The van der Waals surface area contributed by atoms with Gasteiger partial charge in [-0.05, 0) is 45.4 Å². The third kappa shape index (κ3) is 4.65. The third-order valence-electron chi connectivity index (χ3n) is 4.40. The molecule has 0 saturated carbocycles. The average molecular weight is 432 g/mol. The number of aromatic nitrogens is 3. The molecule has 0 aliphatic carbocycles. The fourth-order valence-corrected chi connectivity index (χ4v) is 4.48. The molecule has 0 fully saturated rings. The number of hydrogen-bond donors (Lipinski definition) is 1. The summed E-state index contributed by atoms with van der Waals surface area (Å²) in [7, 11) is 0. The van der Waals surface area contributed by atoms with Gasteiger partial charge in [-0.1, -0.05) is 11.8 Å². The Bertz CT molecular complexity index is 1040. The van der Waals surface area contributed by atoms with Gasteiger partial charge in [0.15, 0.2) is 11.0 Å². The molecule has 152 valence electrons. The van der Waals surface area contributed by atoms with Gasteiger partial charge in [0, 0.05) is 39.7 Å². The molecular formula is C19H21N5O3S2. The number of carbonyl (C=O) groups excluding carboxylic acids is 1. The summed E-state index contributed by atoms with van der Waals surface area (Å²) in [5, 5.41) is 24.9. The first kappa shape index (κ1) is 21.0. The van der Waals surface area contributed by atoms with Gasteiger partial charge >= 0.3 is 0 Å². The van der Waals surface area contributed by atoms with Gasteiger partial charge in [0.2, 0.25) is 5.91 Å². The fraction of sp³-hybridized carbons (Fsp3) is 0.316. The second-order valence-corrected chi connectivity index (χ2v) is 8.77. The number of benzene rings is 1. The molecule has 10 heteroatoms. The van der Waals surface area contributed by atoms with Crippen LogP contribution in [-0.4, -0.2) is 31.3 Å². The van der Waals surface area contributed by atoms with Crippen LogP contribution < -0.4 is 5.32 Å². The van der Waals surface area contributed by atoms with Crippen molar-refractivity contribution in [3.63, 3.8) is 0 Å². The highest BCUT2D eigenvalue weighted by atomic mass is 32.2. The molecule has 2 aromatic heterocycles. The van der Waals surface area contributed by atoms with Gasteiger partial charge in [0.25, 0.3) is 5.69 Å². The maximum absolute atomic E-state index is 12.3. The molecule has 29 heavy (non-hydrogen) atoms. The van der Waals surface area contributed by atoms with E-state index in [1.54, 1.807) is 11.3 Å². The van der Waals surface area contributed by atoms with Gasteiger partial charge in [-0.3, -0.25) is 19.5 Å². The van der Waals surface area contributed by atoms with Crippen LogP contribution in [0.15, 0.2) is 34.8 Å². The quantitative estimate of drug-likeness (QED) is 0.326. The average Bonchev–Trinajstić information content (AvgIpc) is 3.24. The summed E-state index contributed by atoms with van der Waals surface area (Å²) in [6, 6.07) is 5.87. The zero-order valence-electron chi connectivity index (χ0n) is 16.5. The number of thiophene rings is 1. The Labute approximate surface area is 176 Å². The lowest BCUT2D eigenvalue weighted by Crippen LogP contribution is -2.15. The van der Waals surface area contributed by atoms with Gasteiger partial charge in [0.1, 0.15) is 0 Å². The van der Waals surface area contributed by atoms with Crippen LogP contribution in [0, 0.1) is 24.0 Å². The van der Waals surface area contributed by atoms with E-state index in [1.807, 2.05) is 4.57 Å². The predicted molar refractivity (Wildman–Crippen MR) is 116 cm³/mol. The molecule has 3 aromatic rings. The lowest BCUT2D eigenvalue weighted by atomic mass is 10.1. The predicted octanol–water partition coefficient (Wildman–Crippen LogP) is 4.84. The van der Waals surface area contributed by atoms with Crippen molar-refractivity contribution in [3.8, 4) is 11.4 Å². The van der Waals surface area contributed by atoms with Gasteiger partial charge < -0.3 is 5.32 Å². The molecule has 0 bridgehead atoms. The van der Waals surface area contributed by atoms with Crippen molar-refractivity contribution >= 4 is 40.4 Å². The van der Waals surface area contributed by atoms with Crippen LogP contribution in [0.2, 0.25) is 0 Å². The van der Waals surface area contributed by atoms with Crippen molar-refractivity contribution in [1.29, 1.82) is 0 Å². The third-order valence-corrected chi connectivity index (χ3v) is 6.36. The number of amides is 1. The number of nitrogens with zero attached hydrogens (tertiary/aromatic N) is 4. The Hall–Kier alpha value is -2.72. The molecule has 0 unspecified atom stereocenters. The SMILES string of the molecule is Cc1scc(-c2nnc(SCC(=O)Nc3ccc([N+](=O)[O-])cc3)n2C(C)C)c1C. The maximum Gasteiger partial charge on any atom is 0.269 e. The summed E-state index contributed by atoms with van der Waals surface area (Å²) in [6.07, 6.45) is 0. The van der Waals surface area contributed by atoms with Gasteiger partial charge in [-0.2, -0.15) is 0 Å². The molecule has 3 rings (SSSR count). The van der Waals surface area contributed by atoms with E-state index < -0.39 is 4.92 Å². The summed E-state index contributed by atoms with van der Waals surface area (Å²) in [6.45, 7) is 8.27. The van der Waals surface area contributed by atoms with E-state index in [0.29, 0.717) is 10.8 Å². The number of rotatable bonds is 7. The minimum absolute atomic E-state index is 0.0195. The first-order chi connectivity index (χ1) is 13.8. The molecule has 0 aliphatic rings. The molecule has 2 heterocycles. The number of hydrogen-bond acceptors (Lipinski definition) is 7. The van der Waals surface area contributed by atoms with Crippen LogP contribution in [0.3, 0.4) is 0 Å². The summed E-state index contributed by atoms with van der Waals surface area (Å²) in [5.74, 6) is 0.745. The van der Waals surface area contributed by atoms with Crippen molar-refractivity contribution in [2.75, 3.05) is 11.1 Å². The normalized spacial score (nSPS) is 11.1. The van der Waals surface area contributed by atoms with Crippen molar-refractivity contribution in [3.05, 3.63) is 50.2 Å². The van der Waals surface area contributed by atoms with Crippen LogP contribution >= 0.6 is 23.1 Å². The maximum atomic E-state index is 12.3. The molecule has 1 amide bonds. The number of anilines is 1. The second kappa shape index (κ2) is 8.75. The van der Waals surface area contributed by atoms with Crippen LogP contribution in [0.4, 0.5) is 11.4 Å². The Morgan fingerprint density at radius 2 is 1.97 bits per heavy atom. The molecule has 0 aliphatic heterocycles. The van der Waals surface area contributed by atoms with E-state index >= 15 is 0 Å². The highest BCUT2D eigenvalue weighted by Crippen LogP contribution is 2.33. The van der Waals surface area contributed by atoms with E-state index in [-0.39, 0.29) is 23.4 Å². The minimum atomic E-state index is -0.478. The second-order valence-electron chi connectivity index (χ2n) is 6.74. The van der Waals surface area contributed by atoms with Gasteiger partial charge in [0.05, 0.1) is 10.7 Å². The highest BCUT2D eigenvalue weighted by molar-refractivity contribution is 7.99. The molecule has 0 atom stereocenters. The fourth-order valence-electron chi connectivity index (χ4n) is 2.75. The summed E-state index contributed by atoms with van der Waals surface area (Å²) in [5.41, 5.74) is 2.75. The Morgan fingerprint density at radius 3 is 2.52 bits per heavy atom. The highest BCUT2D eigenvalue weighted by Gasteiger charge is 2.20. The molecule has 8 nitrogen and oxygen atoms in total. The van der Waals surface area contributed by atoms with E-state index in [9.17, 15) is 14.9 Å². The zero-order chi connectivity index (χ0) is 21.1. The Kier molecular flexibility index (Phi) is 6.33. The summed E-state index contributed by atoms with van der Waals surface area (Å²) in [4.78, 5) is 23.8. The van der Waals surface area contributed by atoms with Crippen LogP contribution in [0.25, 0.3) is 11.4 Å². The number of nitro groups is 1. The molecule has 1 aromatic carbocycles. The summed E-state index contributed by atoms with van der Waals surface area (Å²) < 4.78 is 2.04. The van der Waals surface area contributed by atoms with E-state index in [0.717, 1.165) is 11.4 Å². The van der Waals surface area contributed by atoms with Crippen molar-refractivity contribution < 1.29 is 9.72 Å². The van der Waals surface area contributed by atoms with Gasteiger partial charge in [-0.25, -0.2) is 0 Å². The van der Waals surface area contributed by atoms with Crippen LogP contribution in [0.1, 0.15) is 30.3 Å². The van der Waals surface area contributed by atoms with E-state index in [2.05, 4.69) is 48.6 Å². The molecule has 0 saturated heterocycles. The number of aryl methyl sites for hydroxylation is 1. The zero-order valence-corrected chi connectivity index (χ0v) is 18.1. The molecule has 1 N–H and O–H groups in total. The van der Waals surface area contributed by atoms with Crippen molar-refractivity contribution in [1.82, 2.24) is 14.8 Å². The Morgan fingerprint density at radius 1 is 1.28 bits per heavy atom. The van der Waals surface area contributed by atoms with Crippen LogP contribution in [-0.2, 0) is 4.79 Å². The smallest absolute Gasteiger partial charge is 0.269 e. The largest absolute Gasteiger partial charge is 0.325 e. The molecule has 0 radical (unpaired) electrons. The van der Waals surface area contributed by atoms with Crippen molar-refractivity contribution in [2.24, 2.45) is 0 Å². The molecule has 0 spiro atoms. The first-order valence-electron chi connectivity index (χ1n) is 8.95. The molecular weight excluding hydrogens is 410 g/mol. The summed E-state index contributed by atoms with van der Waals surface area (Å²) >= 11 is 3.00. The van der Waals surface area contributed by atoms with E-state index in [4.69, 9.17) is 0 Å². The number of nitrogens with one attached hydrogen (secondary N) is 1. The van der Waals surface area contributed by atoms with Crippen LogP contribution in [0.5, 0.6) is 0 Å². The van der Waals surface area contributed by atoms with Gasteiger partial charge in [-0.15, -0.1) is 21.5 Å². The monoisotopic (exact) mass is 431 g/mol. The first-order valence-corrected chi connectivity index (χ1v) is 10.8. The van der Waals surface area contributed by atoms with E-state index in [1.165, 1.54) is 46.5 Å². The number of nitro benzene ring substituents is 1. The minimum Gasteiger partial charge on any atom is -0.325 e.